The van der Waals surface area contributed by atoms with E-state index in [1.165, 1.54) is 4.31 Å². The first kappa shape index (κ1) is 23.0. The average Bonchev–Trinajstić information content (AvgIpc) is 2.62. The number of hydrogen-bond donors (Lipinski definition) is 2. The van der Waals surface area contributed by atoms with Gasteiger partial charge in [0.05, 0.1) is 10.6 Å². The molecule has 0 aliphatic carbocycles. The molecule has 0 aliphatic rings. The molecule has 1 atom stereocenters. The lowest BCUT2D eigenvalue weighted by Crippen LogP contribution is -2.40. The zero-order chi connectivity index (χ0) is 19.2. The van der Waals surface area contributed by atoms with E-state index in [1.54, 1.807) is 55.5 Å². The molecule has 27 heavy (non-hydrogen) atoms. The molecule has 0 fully saturated rings. The van der Waals surface area contributed by atoms with Crippen LogP contribution in [0.3, 0.4) is 0 Å². The summed E-state index contributed by atoms with van der Waals surface area (Å²) in [5.74, 6) is -0.233. The highest BCUT2D eigenvalue weighted by molar-refractivity contribution is 7.92. The Balaban J connectivity index is 0.00000364. The number of benzene rings is 2. The maximum absolute atomic E-state index is 13.1. The van der Waals surface area contributed by atoms with E-state index in [9.17, 15) is 13.2 Å². The van der Waals surface area contributed by atoms with Crippen LogP contribution in [-0.2, 0) is 14.8 Å². The van der Waals surface area contributed by atoms with Crippen LogP contribution in [0.5, 0.6) is 0 Å². The van der Waals surface area contributed by atoms with Crippen molar-refractivity contribution in [2.45, 2.75) is 31.2 Å². The van der Waals surface area contributed by atoms with Crippen molar-refractivity contribution in [2.75, 3.05) is 17.4 Å². The van der Waals surface area contributed by atoms with Crippen LogP contribution in [0.4, 0.5) is 5.69 Å². The van der Waals surface area contributed by atoms with Gasteiger partial charge in [-0.25, -0.2) is 8.42 Å². The summed E-state index contributed by atoms with van der Waals surface area (Å²) in [6.45, 7) is 4.07. The van der Waals surface area contributed by atoms with Crippen LogP contribution in [0.25, 0.3) is 0 Å². The summed E-state index contributed by atoms with van der Waals surface area (Å²) in [6, 6.07) is 15.3. The largest absolute Gasteiger partial charge is 0.352 e. The highest BCUT2D eigenvalue weighted by Crippen LogP contribution is 2.24. The minimum atomic E-state index is -3.77. The molecule has 0 saturated carbocycles. The smallest absolute Gasteiger partial charge is 0.264 e. The van der Waals surface area contributed by atoms with Gasteiger partial charge in [0, 0.05) is 25.6 Å². The molecule has 6 nitrogen and oxygen atoms in total. The Labute approximate surface area is 167 Å². The predicted molar refractivity (Wildman–Crippen MR) is 111 cm³/mol. The molecular formula is C19H26ClN3O3S. The number of hydrogen-bond acceptors (Lipinski definition) is 4. The van der Waals surface area contributed by atoms with Crippen molar-refractivity contribution in [3.63, 3.8) is 0 Å². The van der Waals surface area contributed by atoms with Gasteiger partial charge in [-0.05, 0) is 38.1 Å². The third-order valence-electron chi connectivity index (χ3n) is 3.96. The monoisotopic (exact) mass is 411 g/mol. The standard InChI is InChI=1S/C19H25N3O3S.ClH/c1-15-8-10-18(11-9-15)26(24,25)22(17-6-4-3-5-7-17)13-12-19(23)21-16(2)14-20;/h3-11,16H,12-14,20H2,1-2H3,(H,21,23);1H/t16-;/m0./s1. The van der Waals surface area contributed by atoms with Crippen LogP contribution in [-0.4, -0.2) is 33.5 Å². The van der Waals surface area contributed by atoms with E-state index in [1.807, 2.05) is 13.0 Å². The molecule has 1 amide bonds. The van der Waals surface area contributed by atoms with Gasteiger partial charge < -0.3 is 11.1 Å². The first-order chi connectivity index (χ1) is 12.3. The van der Waals surface area contributed by atoms with Crippen molar-refractivity contribution < 1.29 is 13.2 Å². The number of halogens is 1. The highest BCUT2D eigenvalue weighted by atomic mass is 35.5. The second kappa shape index (κ2) is 10.3. The lowest BCUT2D eigenvalue weighted by Gasteiger charge is -2.24. The first-order valence-electron chi connectivity index (χ1n) is 8.48. The van der Waals surface area contributed by atoms with Gasteiger partial charge in [-0.2, -0.15) is 0 Å². The number of para-hydroxylation sites is 1. The molecule has 0 spiro atoms. The second-order valence-corrected chi connectivity index (χ2v) is 8.04. The molecule has 2 aromatic carbocycles. The van der Waals surface area contributed by atoms with Crippen molar-refractivity contribution in [3.8, 4) is 0 Å². The Bertz CT molecular complexity index is 827. The molecule has 0 unspecified atom stereocenters. The van der Waals surface area contributed by atoms with Crippen LogP contribution < -0.4 is 15.4 Å². The molecule has 0 saturated heterocycles. The van der Waals surface area contributed by atoms with Crippen molar-refractivity contribution in [1.29, 1.82) is 0 Å². The Kier molecular flexibility index (Phi) is 8.75. The molecule has 2 rings (SSSR count). The van der Waals surface area contributed by atoms with E-state index in [-0.39, 0.29) is 42.2 Å². The second-order valence-electron chi connectivity index (χ2n) is 6.18. The Morgan fingerprint density at radius 3 is 2.26 bits per heavy atom. The van der Waals surface area contributed by atoms with Gasteiger partial charge in [-0.3, -0.25) is 9.10 Å². The van der Waals surface area contributed by atoms with E-state index < -0.39 is 10.0 Å². The minimum Gasteiger partial charge on any atom is -0.352 e. The summed E-state index contributed by atoms with van der Waals surface area (Å²) >= 11 is 0. The van der Waals surface area contributed by atoms with Gasteiger partial charge in [0.2, 0.25) is 5.91 Å². The molecule has 0 aromatic heterocycles. The molecule has 0 aliphatic heterocycles. The molecular weight excluding hydrogens is 386 g/mol. The maximum atomic E-state index is 13.1. The molecule has 148 valence electrons. The summed E-state index contributed by atoms with van der Waals surface area (Å²) in [5, 5.41) is 2.75. The first-order valence-corrected chi connectivity index (χ1v) is 9.92. The molecule has 2 aromatic rings. The third kappa shape index (κ3) is 6.23. The fraction of sp³-hybridized carbons (Fsp3) is 0.316. The fourth-order valence-electron chi connectivity index (χ4n) is 2.43. The number of nitrogens with zero attached hydrogens (tertiary/aromatic N) is 1. The number of carbonyl (C=O) groups excluding carboxylic acids is 1. The number of amides is 1. The van der Waals surface area contributed by atoms with E-state index in [4.69, 9.17) is 5.73 Å². The van der Waals surface area contributed by atoms with Crippen molar-refractivity contribution >= 4 is 34.0 Å². The number of anilines is 1. The molecule has 0 heterocycles. The van der Waals surface area contributed by atoms with Crippen LogP contribution in [0, 0.1) is 6.92 Å². The fourth-order valence-corrected chi connectivity index (χ4v) is 3.89. The quantitative estimate of drug-likeness (QED) is 0.697. The van der Waals surface area contributed by atoms with Gasteiger partial charge in [-0.1, -0.05) is 35.9 Å². The van der Waals surface area contributed by atoms with E-state index in [0.29, 0.717) is 12.2 Å². The lowest BCUT2D eigenvalue weighted by molar-refractivity contribution is -0.121. The predicted octanol–water partition coefficient (Wildman–Crippen LogP) is 2.47. The Hall–Kier alpha value is -2.09. The van der Waals surface area contributed by atoms with E-state index in [0.717, 1.165) is 5.56 Å². The zero-order valence-electron chi connectivity index (χ0n) is 15.5. The summed E-state index contributed by atoms with van der Waals surface area (Å²) in [6.07, 6.45) is 0.0460. The Morgan fingerprint density at radius 2 is 1.70 bits per heavy atom. The van der Waals surface area contributed by atoms with Crippen LogP contribution in [0.2, 0.25) is 0 Å². The molecule has 0 radical (unpaired) electrons. The highest BCUT2D eigenvalue weighted by Gasteiger charge is 2.25. The van der Waals surface area contributed by atoms with E-state index in [2.05, 4.69) is 5.32 Å². The van der Waals surface area contributed by atoms with Crippen LogP contribution >= 0.6 is 12.4 Å². The zero-order valence-corrected chi connectivity index (χ0v) is 17.1. The van der Waals surface area contributed by atoms with Gasteiger partial charge in [0.15, 0.2) is 0 Å². The topological polar surface area (TPSA) is 92.5 Å². The molecule has 8 heteroatoms. The summed E-state index contributed by atoms with van der Waals surface area (Å²) in [4.78, 5) is 12.3. The van der Waals surface area contributed by atoms with Crippen molar-refractivity contribution in [2.24, 2.45) is 5.73 Å². The van der Waals surface area contributed by atoms with Crippen LogP contribution in [0.1, 0.15) is 18.9 Å². The average molecular weight is 412 g/mol. The summed E-state index contributed by atoms with van der Waals surface area (Å²) in [5.41, 5.74) is 7.00. The van der Waals surface area contributed by atoms with Gasteiger partial charge in [-0.15, -0.1) is 12.4 Å². The number of nitrogens with one attached hydrogen (secondary N) is 1. The minimum absolute atomic E-state index is 0. The van der Waals surface area contributed by atoms with Crippen molar-refractivity contribution in [1.82, 2.24) is 5.32 Å². The number of carbonyl (C=O) groups is 1. The summed E-state index contributed by atoms with van der Waals surface area (Å²) in [7, 11) is -3.77. The molecule has 3 N–H and O–H groups in total. The summed E-state index contributed by atoms with van der Waals surface area (Å²) < 4.78 is 27.5. The van der Waals surface area contributed by atoms with Gasteiger partial charge in [0.1, 0.15) is 0 Å². The number of nitrogens with two attached hydrogens (primary N) is 1. The molecule has 0 bridgehead atoms. The number of sulfonamides is 1. The third-order valence-corrected chi connectivity index (χ3v) is 5.80. The SMILES string of the molecule is Cc1ccc(S(=O)(=O)N(CCC(=O)N[C@@H](C)CN)c2ccccc2)cc1.Cl. The number of aryl methyl sites for hydroxylation is 1. The van der Waals surface area contributed by atoms with E-state index >= 15 is 0 Å². The van der Waals surface area contributed by atoms with Gasteiger partial charge >= 0.3 is 0 Å². The lowest BCUT2D eigenvalue weighted by atomic mass is 10.2. The maximum Gasteiger partial charge on any atom is 0.264 e. The normalized spacial score (nSPS) is 12.0. The van der Waals surface area contributed by atoms with Crippen molar-refractivity contribution in [3.05, 3.63) is 60.2 Å². The number of rotatable bonds is 8. The van der Waals surface area contributed by atoms with Gasteiger partial charge in [0.25, 0.3) is 10.0 Å². The van der Waals surface area contributed by atoms with Crippen LogP contribution in [0.15, 0.2) is 59.5 Å². The Morgan fingerprint density at radius 1 is 1.11 bits per heavy atom.